The molecule has 1 amide bonds. The molecule has 192 valence electrons. The second kappa shape index (κ2) is 9.25. The van der Waals surface area contributed by atoms with Gasteiger partial charge in [-0.3, -0.25) is 9.78 Å². The summed E-state index contributed by atoms with van der Waals surface area (Å²) >= 11 is 0. The van der Waals surface area contributed by atoms with Crippen molar-refractivity contribution in [2.75, 3.05) is 5.32 Å². The van der Waals surface area contributed by atoms with E-state index < -0.39 is 46.5 Å². The van der Waals surface area contributed by atoms with Crippen LogP contribution in [0.3, 0.4) is 0 Å². The minimum absolute atomic E-state index is 0.185. The first-order chi connectivity index (χ1) is 18.0. The summed E-state index contributed by atoms with van der Waals surface area (Å²) in [7, 11) is 0. The number of nitrogens with zero attached hydrogens (tertiary/aromatic N) is 5. The zero-order valence-electron chi connectivity index (χ0n) is 18.9. The molecular weight excluding hydrogens is 514 g/mol. The monoisotopic (exact) mass is 528 g/mol. The molecule has 0 saturated carbocycles. The number of halogens is 6. The van der Waals surface area contributed by atoms with Gasteiger partial charge in [-0.25, -0.2) is 4.98 Å². The van der Waals surface area contributed by atoms with Crippen LogP contribution >= 0.6 is 0 Å². The van der Waals surface area contributed by atoms with E-state index in [1.165, 1.54) is 12.3 Å². The zero-order chi connectivity index (χ0) is 27.1. The molecule has 0 radical (unpaired) electrons. The van der Waals surface area contributed by atoms with Gasteiger partial charge < -0.3 is 5.32 Å². The summed E-state index contributed by atoms with van der Waals surface area (Å²) in [5.41, 5.74) is -2.56. The van der Waals surface area contributed by atoms with Gasteiger partial charge in [0.1, 0.15) is 5.56 Å². The lowest BCUT2D eigenvalue weighted by Crippen LogP contribution is -2.20. The lowest BCUT2D eigenvalue weighted by atomic mass is 9.96. The smallest absolute Gasteiger partial charge is 0.321 e. The van der Waals surface area contributed by atoms with E-state index in [0.717, 1.165) is 30.7 Å². The van der Waals surface area contributed by atoms with Crippen molar-refractivity contribution in [1.82, 2.24) is 25.0 Å². The molecule has 0 bridgehead atoms. The van der Waals surface area contributed by atoms with Crippen LogP contribution in [0.15, 0.2) is 79.4 Å². The van der Waals surface area contributed by atoms with Crippen molar-refractivity contribution < 1.29 is 31.1 Å². The summed E-state index contributed by atoms with van der Waals surface area (Å²) in [6.45, 7) is 0. The fourth-order valence-electron chi connectivity index (χ4n) is 3.91. The molecule has 7 nitrogen and oxygen atoms in total. The number of carbonyl (C=O) groups excluding carboxylic acids is 1. The molecule has 0 spiro atoms. The summed E-state index contributed by atoms with van der Waals surface area (Å²) in [5, 5.41) is 9.92. The lowest BCUT2D eigenvalue weighted by molar-refractivity contribution is -0.138. The Hall–Kier alpha value is -4.81. The van der Waals surface area contributed by atoms with Crippen LogP contribution in [0.5, 0.6) is 0 Å². The van der Waals surface area contributed by atoms with Crippen LogP contribution < -0.4 is 5.32 Å². The molecule has 0 aliphatic heterocycles. The molecule has 13 heteroatoms. The number of para-hydroxylation sites is 1. The average molecular weight is 528 g/mol. The summed E-state index contributed by atoms with van der Waals surface area (Å²) in [6.07, 6.45) is -5.22. The largest absolute Gasteiger partial charge is 0.420 e. The highest BCUT2D eigenvalue weighted by molar-refractivity contribution is 6.06. The molecule has 0 saturated heterocycles. The maximum Gasteiger partial charge on any atom is 0.420 e. The Kier molecular flexibility index (Phi) is 6.05. The SMILES string of the molecule is O=C(Nc1cnc(-n2nccn2)c(C(F)(F)F)c1)c1ccc(-c2ccnc3ccccc23)cc1C(F)(F)F. The van der Waals surface area contributed by atoms with Crippen molar-refractivity contribution in [3.05, 3.63) is 96.1 Å². The average Bonchev–Trinajstić information content (AvgIpc) is 3.42. The molecule has 0 aliphatic carbocycles. The van der Waals surface area contributed by atoms with E-state index in [2.05, 4.69) is 25.5 Å². The number of nitrogens with one attached hydrogen (secondary N) is 1. The van der Waals surface area contributed by atoms with Crippen LogP contribution in [0.25, 0.3) is 27.8 Å². The number of alkyl halides is 6. The highest BCUT2D eigenvalue weighted by Crippen LogP contribution is 2.38. The summed E-state index contributed by atoms with van der Waals surface area (Å²) in [4.78, 5) is 21.4. The molecule has 2 aromatic carbocycles. The molecule has 0 atom stereocenters. The van der Waals surface area contributed by atoms with Gasteiger partial charge in [0.2, 0.25) is 0 Å². The Bertz CT molecular complexity index is 1640. The van der Waals surface area contributed by atoms with Gasteiger partial charge in [-0.15, -0.1) is 4.80 Å². The molecule has 0 unspecified atom stereocenters. The van der Waals surface area contributed by atoms with Gasteiger partial charge in [-0.2, -0.15) is 36.5 Å². The van der Waals surface area contributed by atoms with E-state index in [1.54, 1.807) is 30.3 Å². The van der Waals surface area contributed by atoms with E-state index in [9.17, 15) is 31.1 Å². The van der Waals surface area contributed by atoms with Crippen molar-refractivity contribution in [3.63, 3.8) is 0 Å². The highest BCUT2D eigenvalue weighted by Gasteiger charge is 2.37. The van der Waals surface area contributed by atoms with Gasteiger partial charge in [0.05, 0.1) is 40.9 Å². The number of pyridine rings is 2. The van der Waals surface area contributed by atoms with E-state index in [-0.39, 0.29) is 5.56 Å². The van der Waals surface area contributed by atoms with Crippen LogP contribution in [0.2, 0.25) is 0 Å². The summed E-state index contributed by atoms with van der Waals surface area (Å²) in [5.74, 6) is -1.92. The third-order valence-corrected chi connectivity index (χ3v) is 5.57. The molecule has 5 rings (SSSR count). The first-order valence-corrected chi connectivity index (χ1v) is 10.8. The van der Waals surface area contributed by atoms with Gasteiger partial charge in [0.15, 0.2) is 5.82 Å². The summed E-state index contributed by atoms with van der Waals surface area (Å²) < 4.78 is 83.0. The van der Waals surface area contributed by atoms with E-state index >= 15 is 0 Å². The Labute approximate surface area is 209 Å². The Morgan fingerprint density at radius 2 is 1.50 bits per heavy atom. The fraction of sp³-hybridized carbons (Fsp3) is 0.0800. The minimum atomic E-state index is -4.93. The predicted octanol–water partition coefficient (Wildman–Crippen LogP) is 6.17. The Morgan fingerprint density at radius 3 is 2.21 bits per heavy atom. The van der Waals surface area contributed by atoms with E-state index in [1.807, 2.05) is 0 Å². The van der Waals surface area contributed by atoms with Gasteiger partial charge in [0, 0.05) is 11.6 Å². The third kappa shape index (κ3) is 4.77. The quantitative estimate of drug-likeness (QED) is 0.282. The number of hydrogen-bond donors (Lipinski definition) is 1. The fourth-order valence-corrected chi connectivity index (χ4v) is 3.91. The first-order valence-electron chi connectivity index (χ1n) is 10.8. The number of hydrogen-bond acceptors (Lipinski definition) is 5. The van der Waals surface area contributed by atoms with Gasteiger partial charge in [0.25, 0.3) is 5.91 Å². The number of anilines is 1. The van der Waals surface area contributed by atoms with Crippen LogP contribution in [-0.2, 0) is 12.4 Å². The molecule has 38 heavy (non-hydrogen) atoms. The second-order valence-corrected chi connectivity index (χ2v) is 8.00. The predicted molar refractivity (Wildman–Crippen MR) is 124 cm³/mol. The first kappa shape index (κ1) is 24.9. The molecule has 1 N–H and O–H groups in total. The minimum Gasteiger partial charge on any atom is -0.321 e. The van der Waals surface area contributed by atoms with Gasteiger partial charge in [-0.1, -0.05) is 24.3 Å². The Balaban J connectivity index is 1.53. The van der Waals surface area contributed by atoms with Gasteiger partial charge >= 0.3 is 12.4 Å². The van der Waals surface area contributed by atoms with E-state index in [0.29, 0.717) is 27.3 Å². The molecule has 3 aromatic heterocycles. The van der Waals surface area contributed by atoms with Crippen LogP contribution in [0, 0.1) is 0 Å². The van der Waals surface area contributed by atoms with Crippen molar-refractivity contribution in [2.45, 2.75) is 12.4 Å². The maximum absolute atomic E-state index is 14.0. The topological polar surface area (TPSA) is 85.6 Å². The molecule has 3 heterocycles. The summed E-state index contributed by atoms with van der Waals surface area (Å²) in [6, 6.07) is 12.1. The third-order valence-electron chi connectivity index (χ3n) is 5.57. The standard InChI is InChI=1S/C25H14F6N6O/c26-24(27,28)19-11-14(16-7-8-32-21-4-2-1-3-17(16)21)5-6-18(19)23(38)36-15-12-20(25(29,30)31)22(33-13-15)37-34-9-10-35-37/h1-13H,(H,36,38). The second-order valence-electron chi connectivity index (χ2n) is 8.00. The molecule has 0 fully saturated rings. The van der Waals surface area contributed by atoms with Crippen molar-refractivity contribution in [1.29, 1.82) is 0 Å². The van der Waals surface area contributed by atoms with Crippen molar-refractivity contribution in [3.8, 4) is 16.9 Å². The van der Waals surface area contributed by atoms with E-state index in [4.69, 9.17) is 0 Å². The number of rotatable bonds is 4. The molecule has 0 aliphatic rings. The number of amides is 1. The molecule has 5 aromatic rings. The van der Waals surface area contributed by atoms with Crippen molar-refractivity contribution in [2.24, 2.45) is 0 Å². The molecular formula is C25H14F6N6O. The van der Waals surface area contributed by atoms with Crippen LogP contribution in [0.1, 0.15) is 21.5 Å². The number of aromatic nitrogens is 5. The lowest BCUT2D eigenvalue weighted by Gasteiger charge is -2.16. The number of benzene rings is 2. The zero-order valence-corrected chi connectivity index (χ0v) is 18.9. The highest BCUT2D eigenvalue weighted by atomic mass is 19.4. The number of carbonyl (C=O) groups is 1. The maximum atomic E-state index is 14.0. The normalized spacial score (nSPS) is 12.1. The Morgan fingerprint density at radius 1 is 0.789 bits per heavy atom. The van der Waals surface area contributed by atoms with Crippen LogP contribution in [-0.4, -0.2) is 30.9 Å². The number of fused-ring (bicyclic) bond motifs is 1. The van der Waals surface area contributed by atoms with Gasteiger partial charge in [-0.05, 0) is 41.5 Å². The van der Waals surface area contributed by atoms with Crippen LogP contribution in [0.4, 0.5) is 32.0 Å². The van der Waals surface area contributed by atoms with Crippen molar-refractivity contribution >= 4 is 22.5 Å².